The highest BCUT2D eigenvalue weighted by molar-refractivity contribution is 5.85. The van der Waals surface area contributed by atoms with Crippen molar-refractivity contribution in [3.8, 4) is 11.5 Å². The van der Waals surface area contributed by atoms with Crippen LogP contribution in [0.2, 0.25) is 0 Å². The van der Waals surface area contributed by atoms with E-state index in [1.54, 1.807) is 7.11 Å². The zero-order valence-corrected chi connectivity index (χ0v) is 17.7. The molecule has 0 aliphatic rings. The summed E-state index contributed by atoms with van der Waals surface area (Å²) in [7, 11) is 1.68. The van der Waals surface area contributed by atoms with E-state index < -0.39 is 0 Å². The Morgan fingerprint density at radius 2 is 1.63 bits per heavy atom. The molecular weight excluding hydrogens is 370 g/mol. The minimum Gasteiger partial charge on any atom is -0.493 e. The molecule has 0 unspecified atom stereocenters. The van der Waals surface area contributed by atoms with E-state index >= 15 is 0 Å². The Bertz CT molecular complexity index is 1160. The van der Waals surface area contributed by atoms with Gasteiger partial charge >= 0.3 is 0 Å². The summed E-state index contributed by atoms with van der Waals surface area (Å²) in [5, 5.41) is 5.96. The molecule has 0 aliphatic heterocycles. The van der Waals surface area contributed by atoms with Gasteiger partial charge in [-0.1, -0.05) is 60.7 Å². The van der Waals surface area contributed by atoms with Gasteiger partial charge in [-0.3, -0.25) is 0 Å². The number of nitrogens with one attached hydrogen (secondary N) is 1. The zero-order valence-electron chi connectivity index (χ0n) is 17.7. The maximum atomic E-state index is 6.13. The smallest absolute Gasteiger partial charge is 0.161 e. The molecule has 4 aromatic rings. The van der Waals surface area contributed by atoms with Crippen LogP contribution in [0.3, 0.4) is 0 Å². The van der Waals surface area contributed by atoms with Crippen molar-refractivity contribution in [3.05, 3.63) is 101 Å². The molecular formula is C27H27NO2. The van der Waals surface area contributed by atoms with E-state index in [4.69, 9.17) is 9.47 Å². The molecule has 0 bridgehead atoms. The molecule has 30 heavy (non-hydrogen) atoms. The van der Waals surface area contributed by atoms with E-state index in [1.165, 1.54) is 21.9 Å². The minimum absolute atomic E-state index is 0.498. The minimum atomic E-state index is 0.498. The van der Waals surface area contributed by atoms with Gasteiger partial charge in [-0.15, -0.1) is 0 Å². The summed E-state index contributed by atoms with van der Waals surface area (Å²) in [6.45, 7) is 5.45. The summed E-state index contributed by atoms with van der Waals surface area (Å²) in [6, 6.07) is 27.2. The topological polar surface area (TPSA) is 30.5 Å². The number of ether oxygens (including phenoxy) is 2. The number of fused-ring (bicyclic) bond motifs is 1. The SMILES string of the molecule is COc1cc(CNc2cc(C)ccc2C)ccc1OCc1cccc2ccccc12. The second kappa shape index (κ2) is 8.91. The Hall–Kier alpha value is -3.46. The molecule has 0 saturated carbocycles. The summed E-state index contributed by atoms with van der Waals surface area (Å²) in [4.78, 5) is 0. The number of methoxy groups -OCH3 is 1. The molecule has 3 heteroatoms. The predicted molar refractivity (Wildman–Crippen MR) is 125 cm³/mol. The van der Waals surface area contributed by atoms with Crippen molar-refractivity contribution in [2.45, 2.75) is 27.0 Å². The molecule has 0 aliphatic carbocycles. The summed E-state index contributed by atoms with van der Waals surface area (Å²) in [6.07, 6.45) is 0. The second-order valence-corrected chi connectivity index (χ2v) is 7.58. The van der Waals surface area contributed by atoms with Gasteiger partial charge in [0.15, 0.2) is 11.5 Å². The van der Waals surface area contributed by atoms with Crippen LogP contribution in [-0.2, 0) is 13.2 Å². The van der Waals surface area contributed by atoms with E-state index in [0.717, 1.165) is 34.9 Å². The van der Waals surface area contributed by atoms with Crippen molar-refractivity contribution >= 4 is 16.5 Å². The van der Waals surface area contributed by atoms with Crippen LogP contribution in [0, 0.1) is 13.8 Å². The van der Waals surface area contributed by atoms with Crippen molar-refractivity contribution in [1.82, 2.24) is 0 Å². The number of anilines is 1. The van der Waals surface area contributed by atoms with Crippen LogP contribution >= 0.6 is 0 Å². The highest BCUT2D eigenvalue weighted by Gasteiger charge is 2.08. The van der Waals surface area contributed by atoms with E-state index in [-0.39, 0.29) is 0 Å². The van der Waals surface area contributed by atoms with Crippen LogP contribution in [0.5, 0.6) is 11.5 Å². The van der Waals surface area contributed by atoms with Crippen LogP contribution in [0.4, 0.5) is 5.69 Å². The Labute approximate surface area is 178 Å². The van der Waals surface area contributed by atoms with Crippen molar-refractivity contribution in [3.63, 3.8) is 0 Å². The van der Waals surface area contributed by atoms with E-state index in [1.807, 2.05) is 12.1 Å². The fourth-order valence-electron chi connectivity index (χ4n) is 3.64. The van der Waals surface area contributed by atoms with E-state index in [0.29, 0.717) is 6.61 Å². The number of hydrogen-bond acceptors (Lipinski definition) is 3. The average Bonchev–Trinajstić information content (AvgIpc) is 2.78. The third kappa shape index (κ3) is 4.41. The van der Waals surface area contributed by atoms with Crippen LogP contribution in [-0.4, -0.2) is 7.11 Å². The third-order valence-electron chi connectivity index (χ3n) is 5.37. The van der Waals surface area contributed by atoms with Crippen molar-refractivity contribution < 1.29 is 9.47 Å². The maximum Gasteiger partial charge on any atom is 0.161 e. The second-order valence-electron chi connectivity index (χ2n) is 7.58. The molecule has 0 spiro atoms. The first kappa shape index (κ1) is 19.8. The van der Waals surface area contributed by atoms with Gasteiger partial charge in [0, 0.05) is 12.2 Å². The van der Waals surface area contributed by atoms with Crippen molar-refractivity contribution in [1.29, 1.82) is 0 Å². The summed E-state index contributed by atoms with van der Waals surface area (Å²) in [5.74, 6) is 1.50. The zero-order chi connectivity index (χ0) is 20.9. The predicted octanol–water partition coefficient (Wildman–Crippen LogP) is 6.66. The molecule has 1 N–H and O–H groups in total. The molecule has 0 atom stereocenters. The van der Waals surface area contributed by atoms with Gasteiger partial charge in [-0.25, -0.2) is 0 Å². The number of aryl methyl sites for hydroxylation is 2. The van der Waals surface area contributed by atoms with Crippen LogP contribution in [0.15, 0.2) is 78.9 Å². The highest BCUT2D eigenvalue weighted by atomic mass is 16.5. The normalized spacial score (nSPS) is 10.8. The van der Waals surface area contributed by atoms with Crippen LogP contribution < -0.4 is 14.8 Å². The molecule has 0 aromatic heterocycles. The quantitative estimate of drug-likeness (QED) is 0.378. The summed E-state index contributed by atoms with van der Waals surface area (Å²) < 4.78 is 11.7. The largest absolute Gasteiger partial charge is 0.493 e. The first-order valence-electron chi connectivity index (χ1n) is 10.2. The lowest BCUT2D eigenvalue weighted by Crippen LogP contribution is -2.03. The number of hydrogen-bond donors (Lipinski definition) is 1. The van der Waals surface area contributed by atoms with Gasteiger partial charge in [0.05, 0.1) is 7.11 Å². The molecule has 0 heterocycles. The van der Waals surface area contributed by atoms with Crippen molar-refractivity contribution in [2.24, 2.45) is 0 Å². The third-order valence-corrected chi connectivity index (χ3v) is 5.37. The molecule has 3 nitrogen and oxygen atoms in total. The van der Waals surface area contributed by atoms with Gasteiger partial charge in [-0.05, 0) is 65.1 Å². The van der Waals surface area contributed by atoms with E-state index in [2.05, 4.69) is 85.9 Å². The number of benzene rings is 4. The van der Waals surface area contributed by atoms with Gasteiger partial charge < -0.3 is 14.8 Å². The van der Waals surface area contributed by atoms with Crippen LogP contribution in [0.1, 0.15) is 22.3 Å². The first-order chi connectivity index (χ1) is 14.6. The van der Waals surface area contributed by atoms with Crippen molar-refractivity contribution in [2.75, 3.05) is 12.4 Å². The summed E-state index contributed by atoms with van der Waals surface area (Å²) >= 11 is 0. The lowest BCUT2D eigenvalue weighted by molar-refractivity contribution is 0.285. The first-order valence-corrected chi connectivity index (χ1v) is 10.2. The maximum absolute atomic E-state index is 6.13. The highest BCUT2D eigenvalue weighted by Crippen LogP contribution is 2.30. The molecule has 0 amide bonds. The molecule has 4 aromatic carbocycles. The lowest BCUT2D eigenvalue weighted by Gasteiger charge is -2.15. The molecule has 0 saturated heterocycles. The van der Waals surface area contributed by atoms with Gasteiger partial charge in [0.2, 0.25) is 0 Å². The Morgan fingerprint density at radius 1 is 0.800 bits per heavy atom. The lowest BCUT2D eigenvalue weighted by atomic mass is 10.1. The molecule has 4 rings (SSSR count). The van der Waals surface area contributed by atoms with Crippen LogP contribution in [0.25, 0.3) is 10.8 Å². The molecule has 0 fully saturated rings. The Balaban J connectivity index is 1.47. The standard InChI is InChI=1S/C27H27NO2/c1-19-11-12-20(2)25(15-19)28-17-21-13-14-26(27(16-21)29-3)30-18-23-9-6-8-22-7-4-5-10-24(22)23/h4-16,28H,17-18H2,1-3H3. The van der Waals surface area contributed by atoms with Gasteiger partial charge in [-0.2, -0.15) is 0 Å². The Morgan fingerprint density at radius 3 is 2.50 bits per heavy atom. The fourth-order valence-corrected chi connectivity index (χ4v) is 3.64. The van der Waals surface area contributed by atoms with E-state index in [9.17, 15) is 0 Å². The Kier molecular flexibility index (Phi) is 5.89. The fraction of sp³-hybridized carbons (Fsp3) is 0.185. The molecule has 152 valence electrons. The van der Waals surface area contributed by atoms with Gasteiger partial charge in [0.1, 0.15) is 6.61 Å². The monoisotopic (exact) mass is 397 g/mol. The average molecular weight is 398 g/mol. The molecule has 0 radical (unpaired) electrons. The number of rotatable bonds is 7. The van der Waals surface area contributed by atoms with Gasteiger partial charge in [0.25, 0.3) is 0 Å². The summed E-state index contributed by atoms with van der Waals surface area (Å²) in [5.41, 5.74) is 5.95.